The first-order chi connectivity index (χ1) is 8.79. The minimum atomic E-state index is 0.341. The van der Waals surface area contributed by atoms with Crippen LogP contribution in [-0.2, 0) is 6.42 Å². The van der Waals surface area contributed by atoms with Crippen LogP contribution in [0.2, 0.25) is 0 Å². The predicted molar refractivity (Wildman–Crippen MR) is 72.0 cm³/mol. The van der Waals surface area contributed by atoms with Crippen molar-refractivity contribution in [2.75, 3.05) is 26.4 Å². The maximum absolute atomic E-state index is 5.58. The minimum Gasteiger partial charge on any atom is -0.454 e. The molecule has 0 radical (unpaired) electrons. The van der Waals surface area contributed by atoms with Crippen molar-refractivity contribution in [3.8, 4) is 11.5 Å². The number of benzene rings is 1. The maximum Gasteiger partial charge on any atom is 0.231 e. The molecule has 1 unspecified atom stereocenters. The van der Waals surface area contributed by atoms with Crippen molar-refractivity contribution < 1.29 is 9.47 Å². The number of nitrogens with two attached hydrogens (primary N) is 1. The molecule has 0 aromatic heterocycles. The zero-order valence-electron chi connectivity index (χ0n) is 10.9. The van der Waals surface area contributed by atoms with Gasteiger partial charge in [-0.2, -0.15) is 0 Å². The second-order valence-corrected chi connectivity index (χ2v) is 4.82. The fraction of sp³-hybridized carbons (Fsp3) is 0.571. The molecule has 18 heavy (non-hydrogen) atoms. The Morgan fingerprint density at radius 1 is 1.28 bits per heavy atom. The lowest BCUT2D eigenvalue weighted by Crippen LogP contribution is -2.22. The number of rotatable bonds is 7. The summed E-state index contributed by atoms with van der Waals surface area (Å²) in [6.45, 7) is 5.30. The Bertz CT molecular complexity index is 382. The summed E-state index contributed by atoms with van der Waals surface area (Å²) in [5, 5.41) is 3.44. The second kappa shape index (κ2) is 6.61. The molecule has 1 atom stereocenters. The largest absolute Gasteiger partial charge is 0.454 e. The fourth-order valence-electron chi connectivity index (χ4n) is 1.92. The topological polar surface area (TPSA) is 56.5 Å². The van der Waals surface area contributed by atoms with E-state index < -0.39 is 0 Å². The van der Waals surface area contributed by atoms with Crippen LogP contribution < -0.4 is 20.5 Å². The van der Waals surface area contributed by atoms with Crippen LogP contribution in [0.15, 0.2) is 18.2 Å². The molecule has 1 aromatic rings. The van der Waals surface area contributed by atoms with Gasteiger partial charge in [0.05, 0.1) is 0 Å². The summed E-state index contributed by atoms with van der Waals surface area (Å²) in [6.07, 6.45) is 2.14. The van der Waals surface area contributed by atoms with Crippen LogP contribution in [0.5, 0.6) is 11.5 Å². The average Bonchev–Trinajstić information content (AvgIpc) is 2.85. The molecular formula is C14H22N2O2. The first-order valence-electron chi connectivity index (χ1n) is 6.59. The highest BCUT2D eigenvalue weighted by Crippen LogP contribution is 2.32. The number of ether oxygens (including phenoxy) is 2. The van der Waals surface area contributed by atoms with Gasteiger partial charge in [-0.3, -0.25) is 0 Å². The van der Waals surface area contributed by atoms with E-state index in [1.807, 2.05) is 6.07 Å². The van der Waals surface area contributed by atoms with E-state index in [0.29, 0.717) is 12.7 Å². The van der Waals surface area contributed by atoms with Crippen molar-refractivity contribution in [1.82, 2.24) is 5.32 Å². The first-order valence-corrected chi connectivity index (χ1v) is 6.59. The molecule has 1 aliphatic heterocycles. The van der Waals surface area contributed by atoms with Gasteiger partial charge in [0.2, 0.25) is 6.79 Å². The van der Waals surface area contributed by atoms with Gasteiger partial charge in [0.25, 0.3) is 0 Å². The average molecular weight is 250 g/mol. The highest BCUT2D eigenvalue weighted by molar-refractivity contribution is 5.44. The van der Waals surface area contributed by atoms with E-state index in [1.54, 1.807) is 0 Å². The van der Waals surface area contributed by atoms with Gasteiger partial charge in [-0.05, 0) is 56.1 Å². The van der Waals surface area contributed by atoms with Gasteiger partial charge < -0.3 is 20.5 Å². The third-order valence-corrected chi connectivity index (χ3v) is 3.24. The number of nitrogens with one attached hydrogen (secondary N) is 1. The Balaban J connectivity index is 1.68. The number of hydrogen-bond acceptors (Lipinski definition) is 4. The van der Waals surface area contributed by atoms with Crippen LogP contribution in [-0.4, -0.2) is 26.4 Å². The van der Waals surface area contributed by atoms with Crippen molar-refractivity contribution in [2.24, 2.45) is 11.7 Å². The SMILES string of the molecule is CC(CN)CCNCCc1ccc2c(c1)OCO2. The molecule has 4 nitrogen and oxygen atoms in total. The molecule has 1 heterocycles. The summed E-state index contributed by atoms with van der Waals surface area (Å²) in [5.41, 5.74) is 6.85. The summed E-state index contributed by atoms with van der Waals surface area (Å²) in [7, 11) is 0. The van der Waals surface area contributed by atoms with Crippen molar-refractivity contribution >= 4 is 0 Å². The Labute approximate surface area is 108 Å². The summed E-state index contributed by atoms with van der Waals surface area (Å²) in [6, 6.07) is 6.14. The Hall–Kier alpha value is -1.26. The normalized spacial score (nSPS) is 14.8. The Morgan fingerprint density at radius 3 is 2.94 bits per heavy atom. The lowest BCUT2D eigenvalue weighted by Gasteiger charge is -2.09. The third-order valence-electron chi connectivity index (χ3n) is 3.24. The zero-order valence-corrected chi connectivity index (χ0v) is 10.9. The third kappa shape index (κ3) is 3.62. The van der Waals surface area contributed by atoms with Crippen LogP contribution in [0, 0.1) is 5.92 Å². The van der Waals surface area contributed by atoms with E-state index >= 15 is 0 Å². The second-order valence-electron chi connectivity index (χ2n) is 4.82. The van der Waals surface area contributed by atoms with Crippen LogP contribution in [0.1, 0.15) is 18.9 Å². The van der Waals surface area contributed by atoms with Gasteiger partial charge in [-0.25, -0.2) is 0 Å². The molecule has 0 amide bonds. The zero-order chi connectivity index (χ0) is 12.8. The quantitative estimate of drug-likeness (QED) is 0.721. The van der Waals surface area contributed by atoms with Crippen LogP contribution in [0.25, 0.3) is 0 Å². The van der Waals surface area contributed by atoms with E-state index in [9.17, 15) is 0 Å². The van der Waals surface area contributed by atoms with Crippen LogP contribution in [0.3, 0.4) is 0 Å². The summed E-state index contributed by atoms with van der Waals surface area (Å²) >= 11 is 0. The van der Waals surface area contributed by atoms with Gasteiger partial charge in [-0.1, -0.05) is 13.0 Å². The monoisotopic (exact) mass is 250 g/mol. The highest BCUT2D eigenvalue weighted by atomic mass is 16.7. The summed E-state index contributed by atoms with van der Waals surface area (Å²) in [4.78, 5) is 0. The molecule has 1 aromatic carbocycles. The number of hydrogen-bond donors (Lipinski definition) is 2. The Kier molecular flexibility index (Phi) is 4.84. The molecule has 4 heteroatoms. The first kappa shape index (κ1) is 13.2. The van der Waals surface area contributed by atoms with E-state index in [-0.39, 0.29) is 0 Å². The van der Waals surface area contributed by atoms with E-state index in [0.717, 1.165) is 44.0 Å². The van der Waals surface area contributed by atoms with E-state index in [2.05, 4.69) is 24.4 Å². The minimum absolute atomic E-state index is 0.341. The molecular weight excluding hydrogens is 228 g/mol. The molecule has 0 spiro atoms. The van der Waals surface area contributed by atoms with Crippen LogP contribution >= 0.6 is 0 Å². The lowest BCUT2D eigenvalue weighted by molar-refractivity contribution is 0.174. The van der Waals surface area contributed by atoms with Crippen molar-refractivity contribution in [3.63, 3.8) is 0 Å². The number of fused-ring (bicyclic) bond motifs is 1. The molecule has 100 valence electrons. The van der Waals surface area contributed by atoms with Crippen LogP contribution in [0.4, 0.5) is 0 Å². The van der Waals surface area contributed by atoms with Crippen molar-refractivity contribution in [2.45, 2.75) is 19.8 Å². The molecule has 0 saturated heterocycles. The maximum atomic E-state index is 5.58. The fourth-order valence-corrected chi connectivity index (χ4v) is 1.92. The Morgan fingerprint density at radius 2 is 2.11 bits per heavy atom. The van der Waals surface area contributed by atoms with Crippen molar-refractivity contribution in [1.29, 1.82) is 0 Å². The predicted octanol–water partition coefficient (Wildman–Crippen LogP) is 1.53. The van der Waals surface area contributed by atoms with Gasteiger partial charge in [0.15, 0.2) is 11.5 Å². The molecule has 0 saturated carbocycles. The van der Waals surface area contributed by atoms with Gasteiger partial charge in [0.1, 0.15) is 0 Å². The smallest absolute Gasteiger partial charge is 0.231 e. The highest BCUT2D eigenvalue weighted by Gasteiger charge is 2.12. The van der Waals surface area contributed by atoms with Gasteiger partial charge in [0, 0.05) is 0 Å². The van der Waals surface area contributed by atoms with E-state index in [4.69, 9.17) is 15.2 Å². The lowest BCUT2D eigenvalue weighted by atomic mass is 10.1. The molecule has 3 N–H and O–H groups in total. The van der Waals surface area contributed by atoms with Crippen molar-refractivity contribution in [3.05, 3.63) is 23.8 Å². The summed E-state index contributed by atoms with van der Waals surface area (Å²) < 4.78 is 10.6. The van der Waals surface area contributed by atoms with Gasteiger partial charge >= 0.3 is 0 Å². The van der Waals surface area contributed by atoms with E-state index in [1.165, 1.54) is 5.56 Å². The standard InChI is InChI=1S/C14H22N2O2/c1-11(9-15)4-6-16-7-5-12-2-3-13-14(8-12)18-10-17-13/h2-3,8,11,16H,4-7,9-10,15H2,1H3. The molecule has 1 aliphatic rings. The molecule has 0 fully saturated rings. The molecule has 0 bridgehead atoms. The molecule has 0 aliphatic carbocycles. The molecule has 2 rings (SSSR count). The summed E-state index contributed by atoms with van der Waals surface area (Å²) in [5.74, 6) is 2.32. The van der Waals surface area contributed by atoms with Gasteiger partial charge in [-0.15, -0.1) is 0 Å².